The normalized spacial score (nSPS) is 13.4. The highest BCUT2D eigenvalue weighted by Crippen LogP contribution is 2.43. The van der Waals surface area contributed by atoms with Crippen molar-refractivity contribution >= 4 is 19.8 Å². The number of esters is 2. The van der Waals surface area contributed by atoms with E-state index in [1.54, 1.807) is 0 Å². The van der Waals surface area contributed by atoms with E-state index >= 15 is 0 Å². The molecule has 0 amide bonds. The summed E-state index contributed by atoms with van der Waals surface area (Å²) < 4.78 is 33.1. The molecule has 2 unspecified atom stereocenters. The smallest absolute Gasteiger partial charge is 0.462 e. The van der Waals surface area contributed by atoms with Gasteiger partial charge in [0.2, 0.25) is 0 Å². The Kier molecular flexibility index (Phi) is 59.1. The zero-order valence-electron chi connectivity index (χ0n) is 49.0. The summed E-state index contributed by atoms with van der Waals surface area (Å²) in [6.45, 7) is 3.68. The highest BCUT2D eigenvalue weighted by molar-refractivity contribution is 7.47. The molecule has 0 aliphatic heterocycles. The average Bonchev–Trinajstić information content (AvgIpc) is 3.40. The van der Waals surface area contributed by atoms with Gasteiger partial charge in [-0.1, -0.05) is 299 Å². The Morgan fingerprint density at radius 2 is 0.733 bits per heavy atom. The van der Waals surface area contributed by atoms with Crippen LogP contribution in [0.4, 0.5) is 0 Å². The van der Waals surface area contributed by atoms with Crippen molar-refractivity contribution in [3.63, 3.8) is 0 Å². The van der Waals surface area contributed by atoms with E-state index < -0.39 is 26.5 Å². The number of allylic oxidation sites excluding steroid dienone is 10. The van der Waals surface area contributed by atoms with Crippen molar-refractivity contribution in [2.75, 3.05) is 26.4 Å². The van der Waals surface area contributed by atoms with Crippen molar-refractivity contribution in [3.8, 4) is 0 Å². The number of rotatable bonds is 60. The van der Waals surface area contributed by atoms with Gasteiger partial charge in [-0.25, -0.2) is 4.57 Å². The van der Waals surface area contributed by atoms with Crippen LogP contribution in [-0.2, 0) is 32.7 Å². The van der Waals surface area contributed by atoms with E-state index in [4.69, 9.17) is 24.3 Å². The maximum Gasteiger partial charge on any atom is 0.472 e. The van der Waals surface area contributed by atoms with Crippen LogP contribution >= 0.6 is 7.82 Å². The predicted molar refractivity (Wildman–Crippen MR) is 321 cm³/mol. The molecule has 0 aromatic rings. The van der Waals surface area contributed by atoms with E-state index in [-0.39, 0.29) is 38.6 Å². The maximum absolute atomic E-state index is 12.7. The minimum absolute atomic E-state index is 0.0541. The molecule has 438 valence electrons. The quantitative estimate of drug-likeness (QED) is 0.0264. The first-order valence-corrected chi connectivity index (χ1v) is 33.3. The molecule has 0 heterocycles. The monoisotopic (exact) mass is 1070 g/mol. The molecule has 0 rings (SSSR count). The lowest BCUT2D eigenvalue weighted by Crippen LogP contribution is -2.29. The number of hydrogen-bond donors (Lipinski definition) is 2. The van der Waals surface area contributed by atoms with Gasteiger partial charge in [-0.15, -0.1) is 0 Å². The highest BCUT2D eigenvalue weighted by Gasteiger charge is 2.26. The number of hydrogen-bond acceptors (Lipinski definition) is 8. The lowest BCUT2D eigenvalue weighted by atomic mass is 10.0. The Labute approximate surface area is 463 Å². The van der Waals surface area contributed by atoms with Crippen molar-refractivity contribution in [2.24, 2.45) is 5.73 Å². The van der Waals surface area contributed by atoms with Gasteiger partial charge >= 0.3 is 19.8 Å². The number of phosphoric acid groups is 1. The standard InChI is InChI=1S/C65H120NO8P/c1-3-5-7-9-11-13-15-17-19-21-23-25-27-28-29-30-31-32-33-34-36-38-40-42-44-46-48-50-52-54-56-58-65(68)74-63(62-73-75(69,70)72-60-59-66)61-71-64(67)57-55-53-51-49-47-45-43-41-39-37-35-26-24-22-20-18-16-14-12-10-8-6-4-2/h5,7,11,13,17,19,23,25,28-29,63H,3-4,6,8-10,12,14-16,18,20-22,24,26-27,30-62,66H2,1-2H3,(H,69,70)/b7-5-,13-11-,19-17-,25-23-,29-28-. The van der Waals surface area contributed by atoms with Crippen LogP contribution in [0.2, 0.25) is 0 Å². The van der Waals surface area contributed by atoms with Gasteiger partial charge < -0.3 is 20.1 Å². The molecule has 75 heavy (non-hydrogen) atoms. The molecule has 10 heteroatoms. The summed E-state index contributed by atoms with van der Waals surface area (Å²) in [6, 6.07) is 0. The molecule has 0 saturated heterocycles. The van der Waals surface area contributed by atoms with E-state index in [1.165, 1.54) is 205 Å². The largest absolute Gasteiger partial charge is 0.472 e. The lowest BCUT2D eigenvalue weighted by Gasteiger charge is -2.19. The number of unbranched alkanes of at least 4 members (excludes halogenated alkanes) is 37. The fraction of sp³-hybridized carbons (Fsp3) is 0.815. The van der Waals surface area contributed by atoms with Gasteiger partial charge in [0.05, 0.1) is 13.2 Å². The Hall–Kier alpha value is -2.29. The number of ether oxygens (including phenoxy) is 2. The SMILES string of the molecule is CC/C=C\C/C=C\C/C=C\C/C=C\C/C=C\CCCCCCCCCCCCCCCCCC(=O)OC(COC(=O)CCCCCCCCCCCCCCCCCCCCCCCCC)COP(=O)(O)OCCN. The molecule has 3 N–H and O–H groups in total. The Morgan fingerprint density at radius 1 is 0.413 bits per heavy atom. The molecule has 0 radical (unpaired) electrons. The summed E-state index contributed by atoms with van der Waals surface area (Å²) in [6.07, 6.45) is 77.2. The number of carbonyl (C=O) groups excluding carboxylic acids is 2. The summed E-state index contributed by atoms with van der Waals surface area (Å²) in [5.74, 6) is -0.812. The third kappa shape index (κ3) is 60.8. The van der Waals surface area contributed by atoms with Crippen LogP contribution in [0, 0.1) is 0 Å². The summed E-state index contributed by atoms with van der Waals surface area (Å²) >= 11 is 0. The highest BCUT2D eigenvalue weighted by atomic mass is 31.2. The van der Waals surface area contributed by atoms with E-state index in [1.807, 2.05) is 0 Å². The number of nitrogens with two attached hydrogens (primary N) is 1. The van der Waals surface area contributed by atoms with Gasteiger partial charge in [0, 0.05) is 19.4 Å². The third-order valence-corrected chi connectivity index (χ3v) is 14.9. The summed E-state index contributed by atoms with van der Waals surface area (Å²) in [4.78, 5) is 35.3. The Balaban J connectivity index is 3.89. The van der Waals surface area contributed by atoms with Crippen molar-refractivity contribution in [1.29, 1.82) is 0 Å². The Morgan fingerprint density at radius 3 is 1.09 bits per heavy atom. The topological polar surface area (TPSA) is 134 Å². The van der Waals surface area contributed by atoms with E-state index in [2.05, 4.69) is 74.6 Å². The van der Waals surface area contributed by atoms with E-state index in [0.717, 1.165) is 70.6 Å². The number of carbonyl (C=O) groups is 2. The molecule has 9 nitrogen and oxygen atoms in total. The number of phosphoric ester groups is 1. The molecule has 0 fully saturated rings. The summed E-state index contributed by atoms with van der Waals surface area (Å²) in [7, 11) is -4.39. The zero-order valence-corrected chi connectivity index (χ0v) is 49.9. The Bertz CT molecular complexity index is 1410. The molecule has 0 saturated carbocycles. The van der Waals surface area contributed by atoms with Crippen LogP contribution in [0.5, 0.6) is 0 Å². The van der Waals surface area contributed by atoms with Gasteiger partial charge in [-0.2, -0.15) is 0 Å². The fourth-order valence-corrected chi connectivity index (χ4v) is 10.0. The van der Waals surface area contributed by atoms with Gasteiger partial charge in [0.1, 0.15) is 6.61 Å². The first-order valence-electron chi connectivity index (χ1n) is 31.8. The van der Waals surface area contributed by atoms with Crippen molar-refractivity contribution in [1.82, 2.24) is 0 Å². The second kappa shape index (κ2) is 60.9. The maximum atomic E-state index is 12.7. The van der Waals surface area contributed by atoms with Gasteiger partial charge in [0.15, 0.2) is 6.10 Å². The van der Waals surface area contributed by atoms with Crippen LogP contribution in [-0.4, -0.2) is 49.3 Å². The first kappa shape index (κ1) is 72.7. The molecule has 0 aromatic carbocycles. The lowest BCUT2D eigenvalue weighted by molar-refractivity contribution is -0.161. The molecule has 2 atom stereocenters. The average molecular weight is 1070 g/mol. The molecule has 0 aromatic heterocycles. The first-order chi connectivity index (χ1) is 36.8. The van der Waals surface area contributed by atoms with E-state index in [9.17, 15) is 19.0 Å². The summed E-state index contributed by atoms with van der Waals surface area (Å²) in [5.41, 5.74) is 5.39. The van der Waals surface area contributed by atoms with E-state index in [0.29, 0.717) is 6.42 Å². The van der Waals surface area contributed by atoms with Crippen molar-refractivity contribution in [3.05, 3.63) is 60.8 Å². The van der Waals surface area contributed by atoms with Crippen molar-refractivity contribution in [2.45, 2.75) is 315 Å². The van der Waals surface area contributed by atoms with Gasteiger partial charge in [-0.05, 0) is 57.8 Å². The molecule has 0 aliphatic carbocycles. The fourth-order valence-electron chi connectivity index (χ4n) is 9.25. The second-order valence-corrected chi connectivity index (χ2v) is 22.7. The molecular weight excluding hydrogens is 954 g/mol. The minimum Gasteiger partial charge on any atom is -0.462 e. The van der Waals surface area contributed by atoms with Crippen LogP contribution < -0.4 is 5.73 Å². The zero-order chi connectivity index (χ0) is 54.5. The van der Waals surface area contributed by atoms with Gasteiger partial charge in [-0.3, -0.25) is 18.6 Å². The summed E-state index contributed by atoms with van der Waals surface area (Å²) in [5, 5.41) is 0. The molecule has 0 bridgehead atoms. The molecular formula is C65H120NO8P. The van der Waals surface area contributed by atoms with Crippen LogP contribution in [0.25, 0.3) is 0 Å². The molecule has 0 spiro atoms. The third-order valence-electron chi connectivity index (χ3n) is 13.9. The van der Waals surface area contributed by atoms with Crippen molar-refractivity contribution < 1.29 is 37.6 Å². The van der Waals surface area contributed by atoms with Crippen LogP contribution in [0.3, 0.4) is 0 Å². The van der Waals surface area contributed by atoms with Crippen LogP contribution in [0.15, 0.2) is 60.8 Å². The van der Waals surface area contributed by atoms with Crippen LogP contribution in [0.1, 0.15) is 309 Å². The molecule has 0 aliphatic rings. The van der Waals surface area contributed by atoms with Gasteiger partial charge in [0.25, 0.3) is 0 Å². The minimum atomic E-state index is -4.39. The predicted octanol–water partition coefficient (Wildman–Crippen LogP) is 20.3. The second-order valence-electron chi connectivity index (χ2n) is 21.3.